The van der Waals surface area contributed by atoms with Gasteiger partial charge in [-0.2, -0.15) is 0 Å². The number of halogens is 1. The normalized spacial score (nSPS) is 22.0. The summed E-state index contributed by atoms with van der Waals surface area (Å²) in [7, 11) is 0. The lowest BCUT2D eigenvalue weighted by Crippen LogP contribution is -2.39. The van der Waals surface area contributed by atoms with Crippen molar-refractivity contribution in [3.63, 3.8) is 0 Å². The van der Waals surface area contributed by atoms with Crippen molar-refractivity contribution in [2.24, 2.45) is 5.92 Å². The Kier molecular flexibility index (Phi) is 4.63. The Labute approximate surface area is 138 Å². The van der Waals surface area contributed by atoms with E-state index in [0.29, 0.717) is 12.0 Å². The number of hydrogen-bond donors (Lipinski definition) is 1. The lowest BCUT2D eigenvalue weighted by molar-refractivity contribution is -0.385. The molecule has 5 nitrogen and oxygen atoms in total. The molecule has 0 radical (unpaired) electrons. The van der Waals surface area contributed by atoms with Gasteiger partial charge in [-0.25, -0.2) is 0 Å². The van der Waals surface area contributed by atoms with Crippen LogP contribution in [-0.4, -0.2) is 30.6 Å². The molecule has 1 saturated carbocycles. The van der Waals surface area contributed by atoms with Crippen molar-refractivity contribution >= 4 is 34.0 Å². The summed E-state index contributed by atoms with van der Waals surface area (Å²) in [6, 6.07) is 6.15. The lowest BCUT2D eigenvalue weighted by Gasteiger charge is -2.32. The fraction of sp³-hybridized carbons (Fsp3) is 0.600. The number of benzene rings is 1. The van der Waals surface area contributed by atoms with E-state index >= 15 is 0 Å². The van der Waals surface area contributed by atoms with Gasteiger partial charge in [-0.05, 0) is 79.4 Å². The number of rotatable bonds is 5. The van der Waals surface area contributed by atoms with Gasteiger partial charge in [-0.1, -0.05) is 0 Å². The number of hydrogen-bond acceptors (Lipinski definition) is 4. The molecule has 6 heteroatoms. The fourth-order valence-electron chi connectivity index (χ4n) is 3.03. The zero-order chi connectivity index (χ0) is 14.8. The molecule has 3 rings (SSSR count). The van der Waals surface area contributed by atoms with Gasteiger partial charge < -0.3 is 10.2 Å². The van der Waals surface area contributed by atoms with E-state index in [-0.39, 0.29) is 10.6 Å². The van der Waals surface area contributed by atoms with Crippen LogP contribution in [0.1, 0.15) is 25.7 Å². The van der Waals surface area contributed by atoms with E-state index in [4.69, 9.17) is 0 Å². The molecule has 1 unspecified atom stereocenters. The molecule has 21 heavy (non-hydrogen) atoms. The van der Waals surface area contributed by atoms with Gasteiger partial charge in [0.15, 0.2) is 0 Å². The predicted molar refractivity (Wildman–Crippen MR) is 91.8 cm³/mol. The van der Waals surface area contributed by atoms with Crippen LogP contribution in [0.4, 0.5) is 11.4 Å². The summed E-state index contributed by atoms with van der Waals surface area (Å²) in [5, 5.41) is 14.4. The summed E-state index contributed by atoms with van der Waals surface area (Å²) in [4.78, 5) is 13.1. The monoisotopic (exact) mass is 401 g/mol. The molecular formula is C15H20IN3O2. The van der Waals surface area contributed by atoms with E-state index in [1.807, 2.05) is 12.1 Å². The maximum atomic E-state index is 10.9. The Hall–Kier alpha value is -0.890. The van der Waals surface area contributed by atoms with Crippen LogP contribution in [-0.2, 0) is 0 Å². The van der Waals surface area contributed by atoms with Gasteiger partial charge in [0, 0.05) is 24.3 Å². The van der Waals surface area contributed by atoms with E-state index in [1.54, 1.807) is 6.07 Å². The number of nitrogens with one attached hydrogen (secondary N) is 1. The summed E-state index contributed by atoms with van der Waals surface area (Å²) < 4.78 is 0.725. The molecule has 1 N–H and O–H groups in total. The number of nitro benzene ring substituents is 1. The first kappa shape index (κ1) is 15.0. The maximum Gasteiger partial charge on any atom is 0.282 e. The van der Waals surface area contributed by atoms with Gasteiger partial charge in [-0.15, -0.1) is 0 Å². The van der Waals surface area contributed by atoms with Gasteiger partial charge in [0.05, 0.1) is 8.49 Å². The number of nitrogens with zero attached hydrogens (tertiary/aromatic N) is 2. The minimum Gasteiger partial charge on any atom is -0.368 e. The third kappa shape index (κ3) is 3.66. The molecular weight excluding hydrogens is 381 g/mol. The first-order valence-corrected chi connectivity index (χ1v) is 8.64. The number of anilines is 1. The number of piperidine rings is 1. The van der Waals surface area contributed by atoms with Crippen molar-refractivity contribution in [1.82, 2.24) is 5.32 Å². The summed E-state index contributed by atoms with van der Waals surface area (Å²) in [6.07, 6.45) is 5.02. The molecule has 1 atom stereocenters. The Morgan fingerprint density at radius 3 is 2.76 bits per heavy atom. The van der Waals surface area contributed by atoms with Crippen molar-refractivity contribution in [2.45, 2.75) is 31.7 Å². The van der Waals surface area contributed by atoms with Crippen LogP contribution < -0.4 is 10.2 Å². The van der Waals surface area contributed by atoms with Gasteiger partial charge in [0.25, 0.3) is 5.69 Å². The molecule has 1 aliphatic heterocycles. The molecule has 1 saturated heterocycles. The first-order valence-electron chi connectivity index (χ1n) is 7.56. The highest BCUT2D eigenvalue weighted by Crippen LogP contribution is 2.35. The summed E-state index contributed by atoms with van der Waals surface area (Å²) in [5.41, 5.74) is 1.34. The van der Waals surface area contributed by atoms with Crippen molar-refractivity contribution in [1.29, 1.82) is 0 Å². The lowest BCUT2D eigenvalue weighted by atomic mass is 9.98. The summed E-state index contributed by atoms with van der Waals surface area (Å²) in [6.45, 7) is 3.29. The van der Waals surface area contributed by atoms with Gasteiger partial charge >= 0.3 is 0 Å². The van der Waals surface area contributed by atoms with E-state index in [1.165, 1.54) is 25.7 Å². The van der Waals surface area contributed by atoms with Gasteiger partial charge in [0.1, 0.15) is 0 Å². The zero-order valence-electron chi connectivity index (χ0n) is 11.9. The highest BCUT2D eigenvalue weighted by molar-refractivity contribution is 14.1. The second-order valence-electron chi connectivity index (χ2n) is 5.99. The highest BCUT2D eigenvalue weighted by Gasteiger charge is 2.31. The van der Waals surface area contributed by atoms with Crippen LogP contribution in [0.3, 0.4) is 0 Å². The molecule has 2 aliphatic rings. The second kappa shape index (κ2) is 6.48. The van der Waals surface area contributed by atoms with Crippen LogP contribution in [0.2, 0.25) is 0 Å². The van der Waals surface area contributed by atoms with Crippen LogP contribution >= 0.6 is 22.6 Å². The predicted octanol–water partition coefficient (Wildman–Crippen LogP) is 3.17. The molecule has 1 aromatic rings. The molecule has 0 amide bonds. The molecule has 1 heterocycles. The molecule has 114 valence electrons. The van der Waals surface area contributed by atoms with Crippen LogP contribution in [0.25, 0.3) is 0 Å². The Bertz CT molecular complexity index is 528. The molecule has 0 bridgehead atoms. The van der Waals surface area contributed by atoms with Gasteiger partial charge in [-0.3, -0.25) is 10.1 Å². The average molecular weight is 401 g/mol. The van der Waals surface area contributed by atoms with Gasteiger partial charge in [0.2, 0.25) is 0 Å². The van der Waals surface area contributed by atoms with Crippen LogP contribution in [0, 0.1) is 19.6 Å². The molecule has 2 fully saturated rings. The Balaban J connectivity index is 1.77. The maximum absolute atomic E-state index is 10.9. The topological polar surface area (TPSA) is 58.4 Å². The van der Waals surface area contributed by atoms with Crippen molar-refractivity contribution in [3.05, 3.63) is 31.9 Å². The van der Waals surface area contributed by atoms with Crippen molar-refractivity contribution in [3.8, 4) is 0 Å². The van der Waals surface area contributed by atoms with E-state index in [2.05, 4.69) is 32.8 Å². The fourth-order valence-corrected chi connectivity index (χ4v) is 3.73. The minimum absolute atomic E-state index is 0.203. The summed E-state index contributed by atoms with van der Waals surface area (Å²) >= 11 is 2.07. The molecule has 1 aromatic carbocycles. The minimum atomic E-state index is -0.307. The van der Waals surface area contributed by atoms with Crippen molar-refractivity contribution < 1.29 is 4.92 Å². The van der Waals surface area contributed by atoms with E-state index in [0.717, 1.165) is 28.9 Å². The second-order valence-corrected chi connectivity index (χ2v) is 7.15. The SMILES string of the molecule is O=[N+]([O-])c1ccc(N(CC2CCCNC2)C2CC2)cc1I. The smallest absolute Gasteiger partial charge is 0.282 e. The van der Waals surface area contributed by atoms with E-state index < -0.39 is 0 Å². The third-order valence-corrected chi connectivity index (χ3v) is 5.17. The first-order chi connectivity index (χ1) is 10.1. The molecule has 0 aromatic heterocycles. The highest BCUT2D eigenvalue weighted by atomic mass is 127. The van der Waals surface area contributed by atoms with Crippen LogP contribution in [0.5, 0.6) is 0 Å². The largest absolute Gasteiger partial charge is 0.368 e. The zero-order valence-corrected chi connectivity index (χ0v) is 14.1. The third-order valence-electron chi connectivity index (χ3n) is 4.30. The standard InChI is InChI=1S/C15H20IN3O2/c16-14-8-13(5-6-15(14)19(20)21)18(12-3-4-12)10-11-2-1-7-17-9-11/h5-6,8,11-12,17H,1-4,7,9-10H2. The molecule has 0 spiro atoms. The quantitative estimate of drug-likeness (QED) is 0.468. The Morgan fingerprint density at radius 1 is 1.38 bits per heavy atom. The van der Waals surface area contributed by atoms with Crippen molar-refractivity contribution in [2.75, 3.05) is 24.5 Å². The average Bonchev–Trinajstić information content (AvgIpc) is 3.30. The van der Waals surface area contributed by atoms with E-state index in [9.17, 15) is 10.1 Å². The Morgan fingerprint density at radius 2 is 2.19 bits per heavy atom. The molecule has 1 aliphatic carbocycles. The van der Waals surface area contributed by atoms with Crippen LogP contribution in [0.15, 0.2) is 18.2 Å². The summed E-state index contributed by atoms with van der Waals surface area (Å²) in [5.74, 6) is 0.687. The number of nitro groups is 1.